The van der Waals surface area contributed by atoms with Crippen LogP contribution in [0.1, 0.15) is 21.3 Å². The minimum absolute atomic E-state index is 0.0327. The van der Waals surface area contributed by atoms with Crippen molar-refractivity contribution in [2.75, 3.05) is 58.2 Å². The number of nitrogens with zero attached hydrogens (tertiary/aromatic N) is 4. The van der Waals surface area contributed by atoms with Crippen LogP contribution in [0.15, 0.2) is 59.4 Å². The Hall–Kier alpha value is -4.39. The number of amides is 2. The van der Waals surface area contributed by atoms with Crippen molar-refractivity contribution in [1.29, 1.82) is 0 Å². The van der Waals surface area contributed by atoms with Gasteiger partial charge in [0.2, 0.25) is 11.7 Å². The van der Waals surface area contributed by atoms with Crippen molar-refractivity contribution >= 4 is 35.0 Å². The van der Waals surface area contributed by atoms with Crippen LogP contribution in [0.25, 0.3) is 0 Å². The van der Waals surface area contributed by atoms with Gasteiger partial charge in [-0.3, -0.25) is 19.7 Å². The minimum atomic E-state index is -0.697. The number of hydrogen-bond donors (Lipinski definition) is 0. The van der Waals surface area contributed by atoms with E-state index in [2.05, 4.69) is 4.90 Å². The fourth-order valence-corrected chi connectivity index (χ4v) is 6.55. The quantitative estimate of drug-likeness (QED) is 0.286. The summed E-state index contributed by atoms with van der Waals surface area (Å²) in [6.07, 6.45) is 3.13. The molecule has 2 aliphatic heterocycles. The topological polar surface area (TPSA) is 128 Å². The Labute approximate surface area is 240 Å². The molecule has 2 unspecified atom stereocenters. The molecule has 0 aliphatic carbocycles. The van der Waals surface area contributed by atoms with Crippen molar-refractivity contribution in [2.24, 2.45) is 0 Å². The highest BCUT2D eigenvalue weighted by Crippen LogP contribution is 2.45. The van der Waals surface area contributed by atoms with Gasteiger partial charge < -0.3 is 33.3 Å². The van der Waals surface area contributed by atoms with E-state index in [1.165, 1.54) is 45.2 Å². The molecule has 2 amide bonds. The van der Waals surface area contributed by atoms with Gasteiger partial charge >= 0.3 is 0 Å². The predicted molar refractivity (Wildman–Crippen MR) is 152 cm³/mol. The number of carbonyl (C=O) groups is 2. The summed E-state index contributed by atoms with van der Waals surface area (Å²) in [6, 6.07) is 10.7. The first-order chi connectivity index (χ1) is 19.9. The molecular weight excluding hydrogens is 552 g/mol. The molecule has 0 saturated carbocycles. The maximum Gasteiger partial charge on any atom is 0.269 e. The van der Waals surface area contributed by atoms with Gasteiger partial charge in [-0.1, -0.05) is 0 Å². The highest BCUT2D eigenvalue weighted by atomic mass is 32.2. The van der Waals surface area contributed by atoms with Crippen molar-refractivity contribution in [2.45, 2.75) is 11.4 Å². The highest BCUT2D eigenvalue weighted by Gasteiger charge is 2.45. The normalized spacial score (nSPS) is 18.8. The number of carbonyl (C=O) groups excluding carboxylic acids is 2. The molecule has 41 heavy (non-hydrogen) atoms. The van der Waals surface area contributed by atoms with Crippen molar-refractivity contribution in [3.63, 3.8) is 0 Å². The van der Waals surface area contributed by atoms with Gasteiger partial charge in [-0.25, -0.2) is 0 Å². The molecule has 2 aromatic carbocycles. The number of anilines is 1. The van der Waals surface area contributed by atoms with Crippen molar-refractivity contribution in [1.82, 2.24) is 9.80 Å². The molecule has 2 atom stereocenters. The molecule has 2 fully saturated rings. The third kappa shape index (κ3) is 5.49. The average molecular weight is 583 g/mol. The smallest absolute Gasteiger partial charge is 0.269 e. The first-order valence-electron chi connectivity index (χ1n) is 12.9. The van der Waals surface area contributed by atoms with E-state index in [1.807, 2.05) is 0 Å². The molecule has 3 aromatic rings. The Bertz CT molecular complexity index is 1380. The summed E-state index contributed by atoms with van der Waals surface area (Å²) < 4.78 is 21.6. The molecule has 0 bridgehead atoms. The Morgan fingerprint density at radius 1 is 0.976 bits per heavy atom. The van der Waals surface area contributed by atoms with Crippen molar-refractivity contribution < 1.29 is 33.1 Å². The van der Waals surface area contributed by atoms with Crippen LogP contribution in [-0.4, -0.2) is 85.8 Å². The largest absolute Gasteiger partial charge is 0.493 e. The first kappa shape index (κ1) is 28.1. The fraction of sp³-hybridized carbons (Fsp3) is 0.357. The zero-order chi connectivity index (χ0) is 29.1. The fourth-order valence-electron chi connectivity index (χ4n) is 5.15. The van der Waals surface area contributed by atoms with Crippen molar-refractivity contribution in [3.8, 4) is 17.2 Å². The summed E-state index contributed by atoms with van der Waals surface area (Å²) in [5.74, 6) is 0.996. The molecule has 5 rings (SSSR count). The van der Waals surface area contributed by atoms with Crippen LogP contribution in [0.5, 0.6) is 17.2 Å². The minimum Gasteiger partial charge on any atom is -0.493 e. The SMILES string of the molecule is COc1cc(C(=O)N2C(C(=O)N3CCN(c4ccc([N+](=O)[O-])cc4)CC3)CSC2c2ccoc2)cc(OC)c1OC. The molecule has 0 radical (unpaired) electrons. The number of rotatable bonds is 8. The number of piperazine rings is 1. The first-order valence-corrected chi connectivity index (χ1v) is 14.0. The van der Waals surface area contributed by atoms with Crippen LogP contribution in [0, 0.1) is 10.1 Å². The van der Waals surface area contributed by atoms with Crippen LogP contribution < -0.4 is 19.1 Å². The maximum absolute atomic E-state index is 14.1. The zero-order valence-electron chi connectivity index (χ0n) is 22.8. The van der Waals surface area contributed by atoms with Crippen LogP contribution in [0.3, 0.4) is 0 Å². The molecule has 0 N–H and O–H groups in total. The van der Waals surface area contributed by atoms with E-state index in [0.717, 1.165) is 11.3 Å². The lowest BCUT2D eigenvalue weighted by atomic mass is 10.1. The van der Waals surface area contributed by atoms with Gasteiger partial charge in [0.1, 0.15) is 11.4 Å². The van der Waals surface area contributed by atoms with Crippen LogP contribution >= 0.6 is 11.8 Å². The summed E-state index contributed by atoms with van der Waals surface area (Å²) in [4.78, 5) is 44.0. The molecular formula is C28H30N4O8S. The third-order valence-electron chi connectivity index (χ3n) is 7.28. The van der Waals surface area contributed by atoms with Gasteiger partial charge in [-0.05, 0) is 30.3 Å². The van der Waals surface area contributed by atoms with E-state index >= 15 is 0 Å². The molecule has 13 heteroatoms. The zero-order valence-corrected chi connectivity index (χ0v) is 23.7. The summed E-state index contributed by atoms with van der Waals surface area (Å²) >= 11 is 1.51. The Kier molecular flexibility index (Phi) is 8.24. The summed E-state index contributed by atoms with van der Waals surface area (Å²) in [7, 11) is 4.45. The van der Waals surface area contributed by atoms with Crippen LogP contribution in [0.2, 0.25) is 0 Å². The average Bonchev–Trinajstić information content (AvgIpc) is 3.70. The second-order valence-electron chi connectivity index (χ2n) is 9.47. The second-order valence-corrected chi connectivity index (χ2v) is 10.6. The number of non-ortho nitro benzene ring substituents is 1. The molecule has 216 valence electrons. The van der Waals surface area contributed by atoms with Gasteiger partial charge in [0, 0.05) is 60.9 Å². The highest BCUT2D eigenvalue weighted by molar-refractivity contribution is 7.99. The number of benzene rings is 2. The van der Waals surface area contributed by atoms with E-state index in [1.54, 1.807) is 52.7 Å². The molecule has 2 saturated heterocycles. The van der Waals surface area contributed by atoms with E-state index < -0.39 is 16.3 Å². The lowest BCUT2D eigenvalue weighted by molar-refractivity contribution is -0.384. The number of hydrogen-bond acceptors (Lipinski definition) is 10. The maximum atomic E-state index is 14.1. The van der Waals surface area contributed by atoms with E-state index in [0.29, 0.717) is 54.7 Å². The summed E-state index contributed by atoms with van der Waals surface area (Å²) in [6.45, 7) is 2.05. The lowest BCUT2D eigenvalue weighted by Gasteiger charge is -2.38. The summed E-state index contributed by atoms with van der Waals surface area (Å²) in [5.41, 5.74) is 1.98. The van der Waals surface area contributed by atoms with Gasteiger partial charge in [-0.15, -0.1) is 11.8 Å². The molecule has 2 aliphatic rings. The van der Waals surface area contributed by atoms with Gasteiger partial charge in [0.15, 0.2) is 11.5 Å². The number of nitro groups is 1. The number of furan rings is 1. The summed E-state index contributed by atoms with van der Waals surface area (Å²) in [5, 5.41) is 10.6. The van der Waals surface area contributed by atoms with E-state index in [4.69, 9.17) is 18.6 Å². The molecule has 12 nitrogen and oxygen atoms in total. The van der Waals surface area contributed by atoms with Gasteiger partial charge in [0.25, 0.3) is 11.6 Å². The number of methoxy groups -OCH3 is 3. The number of thioether (sulfide) groups is 1. The van der Waals surface area contributed by atoms with Crippen LogP contribution in [0.4, 0.5) is 11.4 Å². The number of ether oxygens (including phenoxy) is 3. The predicted octanol–water partition coefficient (Wildman–Crippen LogP) is 3.82. The molecule has 3 heterocycles. The van der Waals surface area contributed by atoms with E-state index in [-0.39, 0.29) is 17.5 Å². The van der Waals surface area contributed by atoms with Gasteiger partial charge in [-0.2, -0.15) is 0 Å². The standard InChI is InChI=1S/C28H30N4O8S/c1-37-23-14-19(15-24(38-2)25(23)39-3)26(33)31-22(17-41-28(31)18-8-13-40-16-18)27(34)30-11-9-29(10-12-30)20-4-6-21(7-5-20)32(35)36/h4-8,13-16,22,28H,9-12,17H2,1-3H3. The third-order valence-corrected chi connectivity index (χ3v) is 8.60. The molecule has 0 spiro atoms. The Balaban J connectivity index is 1.37. The molecule has 1 aromatic heterocycles. The lowest BCUT2D eigenvalue weighted by Crippen LogP contribution is -2.55. The monoisotopic (exact) mass is 582 g/mol. The van der Waals surface area contributed by atoms with Gasteiger partial charge in [0.05, 0.1) is 38.8 Å². The number of nitro benzene ring substituents is 1. The van der Waals surface area contributed by atoms with Crippen molar-refractivity contribution in [3.05, 3.63) is 76.2 Å². The van der Waals surface area contributed by atoms with Crippen LogP contribution in [-0.2, 0) is 4.79 Å². The second kappa shape index (κ2) is 12.0. The Morgan fingerprint density at radius 2 is 1.63 bits per heavy atom. The Morgan fingerprint density at radius 3 is 2.17 bits per heavy atom. The van der Waals surface area contributed by atoms with E-state index in [9.17, 15) is 19.7 Å².